The lowest BCUT2D eigenvalue weighted by molar-refractivity contribution is -0.0278. The molecule has 1 saturated heterocycles. The maximum atomic E-state index is 5.99. The molecule has 4 nitrogen and oxygen atoms in total. The second kappa shape index (κ2) is 9.48. The molecule has 5 heteroatoms. The number of hydrogen-bond donors (Lipinski definition) is 2. The molecule has 1 N–H and O–H groups in total. The third-order valence-electron chi connectivity index (χ3n) is 4.65. The molecule has 0 spiro atoms. The normalized spacial score (nSPS) is 28.8. The van der Waals surface area contributed by atoms with Crippen molar-refractivity contribution in [3.63, 3.8) is 0 Å². The van der Waals surface area contributed by atoms with E-state index >= 15 is 0 Å². The second-order valence-electron chi connectivity index (χ2n) is 7.45. The van der Waals surface area contributed by atoms with Crippen LogP contribution in [0, 0.1) is 5.92 Å². The lowest BCUT2D eigenvalue weighted by Gasteiger charge is -2.38. The van der Waals surface area contributed by atoms with Crippen molar-refractivity contribution < 1.29 is 4.74 Å². The molecule has 22 heavy (non-hydrogen) atoms. The van der Waals surface area contributed by atoms with Gasteiger partial charge in [0.1, 0.15) is 0 Å². The van der Waals surface area contributed by atoms with E-state index in [9.17, 15) is 0 Å². The van der Waals surface area contributed by atoms with Crippen molar-refractivity contribution in [1.29, 1.82) is 0 Å². The number of piperazine rings is 1. The van der Waals surface area contributed by atoms with Crippen molar-refractivity contribution in [1.82, 2.24) is 15.1 Å². The van der Waals surface area contributed by atoms with Gasteiger partial charge >= 0.3 is 0 Å². The zero-order chi connectivity index (χ0) is 15.9. The van der Waals surface area contributed by atoms with Gasteiger partial charge in [-0.15, -0.1) is 0 Å². The fourth-order valence-electron chi connectivity index (χ4n) is 3.27. The summed E-state index contributed by atoms with van der Waals surface area (Å²) < 4.78 is 5.99. The maximum Gasteiger partial charge on any atom is 0.0605 e. The van der Waals surface area contributed by atoms with Gasteiger partial charge in [0.2, 0.25) is 0 Å². The summed E-state index contributed by atoms with van der Waals surface area (Å²) in [7, 11) is 0. The fourth-order valence-corrected chi connectivity index (χ4v) is 3.37. The molecule has 2 fully saturated rings. The van der Waals surface area contributed by atoms with Crippen molar-refractivity contribution in [3.05, 3.63) is 0 Å². The summed E-state index contributed by atoms with van der Waals surface area (Å²) in [6, 6.07) is 0.652. The highest BCUT2D eigenvalue weighted by molar-refractivity contribution is 7.80. The van der Waals surface area contributed by atoms with E-state index in [0.29, 0.717) is 17.4 Å². The summed E-state index contributed by atoms with van der Waals surface area (Å²) in [4.78, 5) is 5.14. The molecule has 2 aliphatic rings. The Morgan fingerprint density at radius 1 is 1.09 bits per heavy atom. The van der Waals surface area contributed by atoms with Gasteiger partial charge in [-0.2, -0.15) is 12.6 Å². The van der Waals surface area contributed by atoms with Crippen LogP contribution in [0.15, 0.2) is 0 Å². The van der Waals surface area contributed by atoms with Gasteiger partial charge in [-0.05, 0) is 18.8 Å². The molecule has 0 aromatic carbocycles. The minimum Gasteiger partial charge on any atom is -0.377 e. The quantitative estimate of drug-likeness (QED) is 0.630. The van der Waals surface area contributed by atoms with E-state index in [0.717, 1.165) is 25.6 Å². The van der Waals surface area contributed by atoms with E-state index in [2.05, 4.69) is 48.5 Å². The van der Waals surface area contributed by atoms with Gasteiger partial charge in [0.25, 0.3) is 0 Å². The molecule has 1 aliphatic heterocycles. The number of nitrogens with one attached hydrogen (secondary N) is 1. The third kappa shape index (κ3) is 6.75. The summed E-state index contributed by atoms with van der Waals surface area (Å²) in [5, 5.41) is 3.98. The number of ether oxygens (including phenoxy) is 1. The summed E-state index contributed by atoms with van der Waals surface area (Å²) in [6.07, 6.45) is 2.82. The topological polar surface area (TPSA) is 27.7 Å². The first-order chi connectivity index (χ1) is 10.5. The highest BCUT2D eigenvalue weighted by Crippen LogP contribution is 2.23. The van der Waals surface area contributed by atoms with Crippen LogP contribution in [0.3, 0.4) is 0 Å². The van der Waals surface area contributed by atoms with Crippen LogP contribution in [-0.2, 0) is 4.74 Å². The average molecular weight is 330 g/mol. The maximum absolute atomic E-state index is 5.99. The predicted octanol–water partition coefficient (Wildman–Crippen LogP) is 1.72. The zero-order valence-corrected chi connectivity index (χ0v) is 15.5. The van der Waals surface area contributed by atoms with Crippen LogP contribution in [0.2, 0.25) is 0 Å². The standard InChI is InChI=1S/C17H35N3OS/c1-14(2)13-20-6-4-19(5-7-20)8-9-21-17-10-16(11-17)18-12-15(3)22/h14-18,22H,4-13H2,1-3H3/t15?,16-,17-. The van der Waals surface area contributed by atoms with Crippen LogP contribution >= 0.6 is 12.6 Å². The van der Waals surface area contributed by atoms with Crippen LogP contribution in [-0.4, -0.2) is 79.6 Å². The Morgan fingerprint density at radius 3 is 2.32 bits per heavy atom. The van der Waals surface area contributed by atoms with Gasteiger partial charge in [0, 0.05) is 57.1 Å². The monoisotopic (exact) mass is 329 g/mol. The van der Waals surface area contributed by atoms with Crippen LogP contribution < -0.4 is 5.32 Å². The Balaban J connectivity index is 1.46. The van der Waals surface area contributed by atoms with Gasteiger partial charge in [-0.25, -0.2) is 0 Å². The van der Waals surface area contributed by atoms with E-state index in [1.807, 2.05) is 0 Å². The first kappa shape index (κ1) is 18.5. The second-order valence-corrected chi connectivity index (χ2v) is 8.34. The Hall–Kier alpha value is 0.190. The van der Waals surface area contributed by atoms with E-state index in [-0.39, 0.29) is 0 Å². The Bertz CT molecular complexity index is 300. The highest BCUT2D eigenvalue weighted by Gasteiger charge is 2.29. The van der Waals surface area contributed by atoms with Gasteiger partial charge in [-0.3, -0.25) is 4.90 Å². The molecule has 0 aromatic heterocycles. The smallest absolute Gasteiger partial charge is 0.0605 e. The van der Waals surface area contributed by atoms with Crippen molar-refractivity contribution in [2.75, 3.05) is 52.4 Å². The largest absolute Gasteiger partial charge is 0.377 e. The van der Waals surface area contributed by atoms with Crippen LogP contribution in [0.5, 0.6) is 0 Å². The summed E-state index contributed by atoms with van der Waals surface area (Å²) in [5.74, 6) is 0.778. The molecule has 1 heterocycles. The highest BCUT2D eigenvalue weighted by atomic mass is 32.1. The van der Waals surface area contributed by atoms with Gasteiger partial charge in [-0.1, -0.05) is 20.8 Å². The fraction of sp³-hybridized carbons (Fsp3) is 1.00. The van der Waals surface area contributed by atoms with Crippen molar-refractivity contribution >= 4 is 12.6 Å². The zero-order valence-electron chi connectivity index (χ0n) is 14.6. The third-order valence-corrected chi connectivity index (χ3v) is 4.83. The van der Waals surface area contributed by atoms with Gasteiger partial charge < -0.3 is 15.0 Å². The molecular formula is C17H35N3OS. The molecule has 1 aliphatic carbocycles. The lowest BCUT2D eigenvalue weighted by Crippen LogP contribution is -2.49. The first-order valence-corrected chi connectivity index (χ1v) is 9.52. The minimum absolute atomic E-state index is 0.439. The summed E-state index contributed by atoms with van der Waals surface area (Å²) >= 11 is 4.39. The SMILES string of the molecule is CC(C)CN1CCN(CCO[C@H]2C[C@H](NCC(C)S)C2)CC1. The molecule has 0 bridgehead atoms. The molecule has 1 saturated carbocycles. The van der Waals surface area contributed by atoms with Crippen LogP contribution in [0.4, 0.5) is 0 Å². The first-order valence-electron chi connectivity index (χ1n) is 9.00. The summed E-state index contributed by atoms with van der Waals surface area (Å²) in [5.41, 5.74) is 0. The Labute approximate surface area is 142 Å². The number of nitrogens with zero attached hydrogens (tertiary/aromatic N) is 2. The Kier molecular flexibility index (Phi) is 7.98. The number of thiol groups is 1. The van der Waals surface area contributed by atoms with E-state index in [1.165, 1.54) is 45.6 Å². The lowest BCUT2D eigenvalue weighted by atomic mass is 9.89. The molecule has 1 unspecified atom stereocenters. The van der Waals surface area contributed by atoms with E-state index in [4.69, 9.17) is 4.74 Å². The van der Waals surface area contributed by atoms with E-state index < -0.39 is 0 Å². The number of hydrogen-bond acceptors (Lipinski definition) is 5. The van der Waals surface area contributed by atoms with Gasteiger partial charge in [0.15, 0.2) is 0 Å². The molecular weight excluding hydrogens is 294 g/mol. The molecule has 2 rings (SSSR count). The van der Waals surface area contributed by atoms with Crippen LogP contribution in [0.25, 0.3) is 0 Å². The molecule has 130 valence electrons. The predicted molar refractivity (Wildman–Crippen MR) is 96.9 cm³/mol. The minimum atomic E-state index is 0.439. The van der Waals surface area contributed by atoms with Crippen molar-refractivity contribution in [2.45, 2.75) is 51.0 Å². The molecule has 1 atom stereocenters. The molecule has 0 amide bonds. The van der Waals surface area contributed by atoms with Crippen molar-refractivity contribution in [3.8, 4) is 0 Å². The van der Waals surface area contributed by atoms with Crippen molar-refractivity contribution in [2.24, 2.45) is 5.92 Å². The molecule has 0 radical (unpaired) electrons. The van der Waals surface area contributed by atoms with Gasteiger partial charge in [0.05, 0.1) is 12.7 Å². The molecule has 0 aromatic rings. The Morgan fingerprint density at radius 2 is 1.73 bits per heavy atom. The number of rotatable bonds is 9. The van der Waals surface area contributed by atoms with E-state index in [1.54, 1.807) is 0 Å². The summed E-state index contributed by atoms with van der Waals surface area (Å²) in [6.45, 7) is 15.8. The van der Waals surface area contributed by atoms with Crippen LogP contribution in [0.1, 0.15) is 33.6 Å². The average Bonchev–Trinajstić information content (AvgIpc) is 2.41.